The molecule has 1 rings (SSSR count). The van der Waals surface area contributed by atoms with Crippen LogP contribution in [0.4, 0.5) is 0 Å². The lowest BCUT2D eigenvalue weighted by Gasteiger charge is -2.19. The molecule has 1 aromatic carbocycles. The number of hydrogen-bond acceptors (Lipinski definition) is 5. The number of likely N-dealkylation sites (N-methyl/N-ethyl adjacent to an activating group) is 1. The number of benzene rings is 1. The summed E-state index contributed by atoms with van der Waals surface area (Å²) >= 11 is 0. The van der Waals surface area contributed by atoms with Gasteiger partial charge in [0.15, 0.2) is 0 Å². The number of nitrogens with zero attached hydrogens (tertiary/aromatic N) is 2. The number of aliphatic hydroxyl groups is 2. The minimum atomic E-state index is -0.632. The lowest BCUT2D eigenvalue weighted by Crippen LogP contribution is -2.34. The second-order valence-corrected chi connectivity index (χ2v) is 4.09. The second-order valence-electron chi connectivity index (χ2n) is 4.09. The molecule has 0 aromatic heterocycles. The summed E-state index contributed by atoms with van der Waals surface area (Å²) in [7, 11) is 1.82. The van der Waals surface area contributed by atoms with E-state index in [1.807, 2.05) is 18.0 Å². The fourth-order valence-corrected chi connectivity index (χ4v) is 1.52. The zero-order valence-electron chi connectivity index (χ0n) is 10.4. The number of ether oxygens (including phenoxy) is 1. The summed E-state index contributed by atoms with van der Waals surface area (Å²) in [4.78, 5) is 1.82. The average Bonchev–Trinajstić information content (AvgIpc) is 2.37. The van der Waals surface area contributed by atoms with Crippen LogP contribution < -0.4 is 4.74 Å². The van der Waals surface area contributed by atoms with Crippen molar-refractivity contribution in [3.05, 3.63) is 29.8 Å². The normalized spacial score (nSPS) is 12.2. The molecule has 98 valence electrons. The van der Waals surface area contributed by atoms with Crippen LogP contribution in [0.2, 0.25) is 0 Å². The van der Waals surface area contributed by atoms with Gasteiger partial charge in [0.1, 0.15) is 18.5 Å². The quantitative estimate of drug-likeness (QED) is 0.724. The monoisotopic (exact) mass is 250 g/mol. The largest absolute Gasteiger partial charge is 0.491 e. The molecule has 2 N–H and O–H groups in total. The van der Waals surface area contributed by atoms with Gasteiger partial charge in [-0.05, 0) is 25.2 Å². The third-order valence-corrected chi connectivity index (χ3v) is 2.41. The molecule has 1 aromatic rings. The van der Waals surface area contributed by atoms with Gasteiger partial charge in [0.2, 0.25) is 0 Å². The average molecular weight is 250 g/mol. The summed E-state index contributed by atoms with van der Waals surface area (Å²) < 4.78 is 5.40. The highest BCUT2D eigenvalue weighted by atomic mass is 16.5. The fourth-order valence-electron chi connectivity index (χ4n) is 1.52. The standard InChI is InChI=1S/C13H18N2O3/c1-15(5-6-16)9-12(17)10-18-13-4-2-3-11(7-13)8-14/h2-4,7,12,16-17H,5-6,9-10H2,1H3. The van der Waals surface area contributed by atoms with Crippen molar-refractivity contribution in [3.8, 4) is 11.8 Å². The highest BCUT2D eigenvalue weighted by molar-refractivity contribution is 5.36. The van der Waals surface area contributed by atoms with E-state index in [1.54, 1.807) is 24.3 Å². The van der Waals surface area contributed by atoms with Crippen LogP contribution in [-0.4, -0.2) is 54.6 Å². The van der Waals surface area contributed by atoms with Gasteiger partial charge in [-0.1, -0.05) is 6.07 Å². The van der Waals surface area contributed by atoms with E-state index >= 15 is 0 Å². The van der Waals surface area contributed by atoms with Crippen LogP contribution in [0.5, 0.6) is 5.75 Å². The molecule has 1 atom stereocenters. The first kappa shape index (κ1) is 14.5. The Kier molecular flexibility index (Phi) is 6.15. The zero-order chi connectivity index (χ0) is 13.4. The first-order valence-corrected chi connectivity index (χ1v) is 5.76. The Morgan fingerprint density at radius 3 is 2.94 bits per heavy atom. The van der Waals surface area contributed by atoms with Crippen molar-refractivity contribution in [2.75, 3.05) is 33.4 Å². The molecular formula is C13H18N2O3. The number of aliphatic hydroxyl groups excluding tert-OH is 2. The highest BCUT2D eigenvalue weighted by Gasteiger charge is 2.08. The van der Waals surface area contributed by atoms with Gasteiger partial charge in [0.25, 0.3) is 0 Å². The van der Waals surface area contributed by atoms with Gasteiger partial charge in [-0.2, -0.15) is 5.26 Å². The van der Waals surface area contributed by atoms with Gasteiger partial charge in [0, 0.05) is 13.1 Å². The Balaban J connectivity index is 2.37. The summed E-state index contributed by atoms with van der Waals surface area (Å²) in [5.41, 5.74) is 0.527. The predicted molar refractivity (Wildman–Crippen MR) is 67.2 cm³/mol. The van der Waals surface area contributed by atoms with Gasteiger partial charge in [0.05, 0.1) is 18.2 Å². The van der Waals surface area contributed by atoms with E-state index in [0.717, 1.165) is 0 Å². The Hall–Kier alpha value is -1.61. The van der Waals surface area contributed by atoms with Crippen molar-refractivity contribution in [2.45, 2.75) is 6.10 Å². The van der Waals surface area contributed by atoms with Gasteiger partial charge in [-0.15, -0.1) is 0 Å². The lowest BCUT2D eigenvalue weighted by molar-refractivity contribution is 0.0711. The van der Waals surface area contributed by atoms with E-state index in [9.17, 15) is 5.11 Å². The first-order valence-electron chi connectivity index (χ1n) is 5.76. The van der Waals surface area contributed by atoms with E-state index in [0.29, 0.717) is 24.4 Å². The van der Waals surface area contributed by atoms with Crippen molar-refractivity contribution < 1.29 is 14.9 Å². The predicted octanol–water partition coefficient (Wildman–Crippen LogP) is 0.222. The Morgan fingerprint density at radius 2 is 2.28 bits per heavy atom. The maximum atomic E-state index is 9.72. The molecule has 5 nitrogen and oxygen atoms in total. The summed E-state index contributed by atoms with van der Waals surface area (Å²) in [6, 6.07) is 8.82. The Bertz CT molecular complexity index is 403. The van der Waals surface area contributed by atoms with E-state index in [-0.39, 0.29) is 13.2 Å². The maximum absolute atomic E-state index is 9.72. The van der Waals surface area contributed by atoms with Crippen LogP contribution in [0.3, 0.4) is 0 Å². The van der Waals surface area contributed by atoms with Crippen molar-refractivity contribution in [3.63, 3.8) is 0 Å². The highest BCUT2D eigenvalue weighted by Crippen LogP contribution is 2.12. The van der Waals surface area contributed by atoms with Crippen LogP contribution >= 0.6 is 0 Å². The van der Waals surface area contributed by atoms with E-state index < -0.39 is 6.10 Å². The molecule has 0 saturated heterocycles. The summed E-state index contributed by atoms with van der Waals surface area (Å²) in [5, 5.41) is 27.2. The smallest absolute Gasteiger partial charge is 0.120 e. The minimum absolute atomic E-state index is 0.0638. The van der Waals surface area contributed by atoms with Gasteiger partial charge >= 0.3 is 0 Å². The molecule has 5 heteroatoms. The fraction of sp³-hybridized carbons (Fsp3) is 0.462. The van der Waals surface area contributed by atoms with Crippen LogP contribution in [0.1, 0.15) is 5.56 Å². The van der Waals surface area contributed by atoms with Gasteiger partial charge in [-0.25, -0.2) is 0 Å². The number of hydrogen-bond donors (Lipinski definition) is 2. The lowest BCUT2D eigenvalue weighted by atomic mass is 10.2. The number of nitriles is 1. The zero-order valence-corrected chi connectivity index (χ0v) is 10.4. The van der Waals surface area contributed by atoms with Crippen molar-refractivity contribution in [1.29, 1.82) is 5.26 Å². The third-order valence-electron chi connectivity index (χ3n) is 2.41. The Labute approximate surface area is 107 Å². The second kappa shape index (κ2) is 7.67. The molecule has 0 aliphatic heterocycles. The SMILES string of the molecule is CN(CCO)CC(O)COc1cccc(C#N)c1. The van der Waals surface area contributed by atoms with E-state index in [1.165, 1.54) is 0 Å². The minimum Gasteiger partial charge on any atom is -0.491 e. The number of rotatable bonds is 7. The van der Waals surface area contributed by atoms with Crippen molar-refractivity contribution >= 4 is 0 Å². The van der Waals surface area contributed by atoms with Crippen LogP contribution in [0, 0.1) is 11.3 Å². The summed E-state index contributed by atoms with van der Waals surface area (Å²) in [6.45, 7) is 1.17. The maximum Gasteiger partial charge on any atom is 0.120 e. The third kappa shape index (κ3) is 5.15. The molecule has 0 amide bonds. The Morgan fingerprint density at radius 1 is 1.50 bits per heavy atom. The molecule has 0 spiro atoms. The molecule has 0 bridgehead atoms. The van der Waals surface area contributed by atoms with Crippen molar-refractivity contribution in [2.24, 2.45) is 0 Å². The molecule has 0 aliphatic rings. The molecular weight excluding hydrogens is 232 g/mol. The van der Waals surface area contributed by atoms with Crippen LogP contribution in [-0.2, 0) is 0 Å². The molecule has 0 aliphatic carbocycles. The molecule has 0 radical (unpaired) electrons. The van der Waals surface area contributed by atoms with Gasteiger partial charge < -0.3 is 19.8 Å². The van der Waals surface area contributed by atoms with E-state index in [4.69, 9.17) is 15.1 Å². The molecule has 0 heterocycles. The van der Waals surface area contributed by atoms with Crippen molar-refractivity contribution in [1.82, 2.24) is 4.90 Å². The van der Waals surface area contributed by atoms with E-state index in [2.05, 4.69) is 0 Å². The van der Waals surface area contributed by atoms with Crippen LogP contribution in [0.15, 0.2) is 24.3 Å². The topological polar surface area (TPSA) is 76.7 Å². The summed E-state index contributed by atoms with van der Waals surface area (Å²) in [6.07, 6.45) is -0.632. The molecule has 18 heavy (non-hydrogen) atoms. The first-order chi connectivity index (χ1) is 8.65. The van der Waals surface area contributed by atoms with Crippen LogP contribution in [0.25, 0.3) is 0 Å². The molecule has 0 fully saturated rings. The summed E-state index contributed by atoms with van der Waals surface area (Å²) in [5.74, 6) is 0.568. The molecule has 1 unspecified atom stereocenters. The van der Waals surface area contributed by atoms with Gasteiger partial charge in [-0.3, -0.25) is 0 Å². The molecule has 0 saturated carbocycles.